The molecule has 4 aromatic rings. The van der Waals surface area contributed by atoms with Gasteiger partial charge >= 0.3 is 0 Å². The summed E-state index contributed by atoms with van der Waals surface area (Å²) in [6.07, 6.45) is 1.88. The first kappa shape index (κ1) is 21.9. The first-order valence-corrected chi connectivity index (χ1v) is 12.2. The van der Waals surface area contributed by atoms with E-state index in [0.29, 0.717) is 27.0 Å². The minimum Gasteiger partial charge on any atom is -0.484 e. The molecule has 1 aromatic carbocycles. The molecule has 4 rings (SSSR count). The topological polar surface area (TPSA) is 85.7 Å². The van der Waals surface area contributed by atoms with Crippen LogP contribution in [0, 0.1) is 0 Å². The molecule has 1 N–H and O–H groups in total. The van der Waals surface area contributed by atoms with Crippen LogP contribution in [-0.2, 0) is 12.4 Å². The second kappa shape index (κ2) is 9.84. The van der Waals surface area contributed by atoms with Gasteiger partial charge in [0.2, 0.25) is 0 Å². The normalized spacial score (nSPS) is 11.5. The van der Waals surface area contributed by atoms with Gasteiger partial charge in [0.25, 0.3) is 5.56 Å². The highest BCUT2D eigenvalue weighted by atomic mass is 35.5. The molecule has 10 heteroatoms. The Labute approximate surface area is 192 Å². The minimum absolute atomic E-state index is 0.106. The molecule has 0 aliphatic heterocycles. The molecule has 0 saturated carbocycles. The maximum Gasteiger partial charge on any atom is 0.268 e. The summed E-state index contributed by atoms with van der Waals surface area (Å²) < 4.78 is 8.68. The molecule has 0 fully saturated rings. The van der Waals surface area contributed by atoms with Crippen LogP contribution in [0.4, 0.5) is 0 Å². The Morgan fingerprint density at radius 3 is 2.81 bits per heavy atom. The third-order valence-electron chi connectivity index (χ3n) is 4.94. The van der Waals surface area contributed by atoms with Crippen LogP contribution in [0.1, 0.15) is 44.4 Å². The predicted octanol–water partition coefficient (Wildman–Crippen LogP) is 5.46. The van der Waals surface area contributed by atoms with E-state index in [1.54, 1.807) is 6.07 Å². The number of aromatic nitrogens is 5. The largest absolute Gasteiger partial charge is 0.484 e. The number of H-pyrrole nitrogens is 1. The first-order chi connectivity index (χ1) is 15.1. The molecule has 0 aliphatic carbocycles. The standard InChI is InChI=1S/C21H22ClN5O2S2/c1-3-13(4-2)27-18(11-29-16-8-6-5-7-14(16)22)25-26-21(27)31-12-17-23-15-9-10-30-19(15)20(28)24-17/h5-10,13H,3-4,11-12H2,1-2H3,(H,23,24,28). The van der Waals surface area contributed by atoms with Gasteiger partial charge < -0.3 is 14.3 Å². The number of para-hydroxylation sites is 1. The monoisotopic (exact) mass is 475 g/mol. The van der Waals surface area contributed by atoms with Crippen LogP contribution < -0.4 is 10.3 Å². The summed E-state index contributed by atoms with van der Waals surface area (Å²) >= 11 is 9.11. The number of benzene rings is 1. The summed E-state index contributed by atoms with van der Waals surface area (Å²) in [5, 5.41) is 12.0. The van der Waals surface area contributed by atoms with Crippen molar-refractivity contribution in [2.24, 2.45) is 0 Å². The number of thiophene rings is 1. The van der Waals surface area contributed by atoms with E-state index < -0.39 is 0 Å². The van der Waals surface area contributed by atoms with Crippen molar-refractivity contribution in [1.82, 2.24) is 24.7 Å². The highest BCUT2D eigenvalue weighted by Gasteiger charge is 2.20. The second-order valence-electron chi connectivity index (χ2n) is 6.89. The second-order valence-corrected chi connectivity index (χ2v) is 9.16. The zero-order chi connectivity index (χ0) is 21.8. The van der Waals surface area contributed by atoms with E-state index in [0.717, 1.165) is 29.3 Å². The van der Waals surface area contributed by atoms with Crippen LogP contribution in [0.25, 0.3) is 10.2 Å². The van der Waals surface area contributed by atoms with Gasteiger partial charge in [-0.05, 0) is 36.4 Å². The molecule has 3 aromatic heterocycles. The molecule has 0 bridgehead atoms. The van der Waals surface area contributed by atoms with E-state index in [-0.39, 0.29) is 18.2 Å². The van der Waals surface area contributed by atoms with Gasteiger partial charge in [0.1, 0.15) is 22.9 Å². The zero-order valence-electron chi connectivity index (χ0n) is 17.2. The summed E-state index contributed by atoms with van der Waals surface area (Å²) in [5.41, 5.74) is 0.616. The molecule has 0 aliphatic rings. The van der Waals surface area contributed by atoms with Crippen molar-refractivity contribution in [1.29, 1.82) is 0 Å². The van der Waals surface area contributed by atoms with Gasteiger partial charge in [0.05, 0.1) is 16.3 Å². The van der Waals surface area contributed by atoms with Gasteiger partial charge in [-0.2, -0.15) is 0 Å². The number of nitrogens with zero attached hydrogens (tertiary/aromatic N) is 4. The van der Waals surface area contributed by atoms with Crippen LogP contribution in [0.15, 0.2) is 45.7 Å². The average molecular weight is 476 g/mol. The lowest BCUT2D eigenvalue weighted by Gasteiger charge is -2.19. The quantitative estimate of drug-likeness (QED) is 0.323. The Balaban J connectivity index is 1.56. The summed E-state index contributed by atoms with van der Waals surface area (Å²) in [4.78, 5) is 19.7. The lowest BCUT2D eigenvalue weighted by molar-refractivity contribution is 0.278. The van der Waals surface area contributed by atoms with E-state index in [4.69, 9.17) is 16.3 Å². The number of nitrogens with one attached hydrogen (secondary N) is 1. The number of rotatable bonds is 9. The highest BCUT2D eigenvalue weighted by Crippen LogP contribution is 2.29. The maximum atomic E-state index is 12.2. The number of hydrogen-bond donors (Lipinski definition) is 1. The van der Waals surface area contributed by atoms with Gasteiger partial charge in [-0.1, -0.05) is 49.3 Å². The minimum atomic E-state index is -0.106. The Hall–Kier alpha value is -2.36. The van der Waals surface area contributed by atoms with Crippen LogP contribution in [-0.4, -0.2) is 24.7 Å². The molecule has 0 atom stereocenters. The average Bonchev–Trinajstić information content (AvgIpc) is 3.40. The van der Waals surface area contributed by atoms with Crippen molar-refractivity contribution >= 4 is 44.9 Å². The van der Waals surface area contributed by atoms with Crippen LogP contribution in [0.3, 0.4) is 0 Å². The van der Waals surface area contributed by atoms with Crippen molar-refractivity contribution in [3.63, 3.8) is 0 Å². The van der Waals surface area contributed by atoms with Gasteiger partial charge in [-0.15, -0.1) is 21.5 Å². The smallest absolute Gasteiger partial charge is 0.268 e. The van der Waals surface area contributed by atoms with Gasteiger partial charge in [0, 0.05) is 6.04 Å². The number of fused-ring (bicyclic) bond motifs is 1. The first-order valence-electron chi connectivity index (χ1n) is 10.0. The molecule has 0 amide bonds. The maximum absolute atomic E-state index is 12.2. The fourth-order valence-electron chi connectivity index (χ4n) is 3.35. The van der Waals surface area contributed by atoms with E-state index in [1.807, 2.05) is 29.6 Å². The van der Waals surface area contributed by atoms with Crippen molar-refractivity contribution in [3.8, 4) is 5.75 Å². The summed E-state index contributed by atoms with van der Waals surface area (Å²) in [7, 11) is 0. The molecule has 0 spiro atoms. The molecular formula is C21H22ClN5O2S2. The Morgan fingerprint density at radius 2 is 2.03 bits per heavy atom. The molecule has 0 radical (unpaired) electrons. The molecule has 7 nitrogen and oxygen atoms in total. The van der Waals surface area contributed by atoms with E-state index in [2.05, 4.69) is 38.6 Å². The molecule has 162 valence electrons. The SMILES string of the molecule is CCC(CC)n1c(COc2ccccc2Cl)nnc1SCc1nc2ccsc2c(=O)[nH]1. The van der Waals surface area contributed by atoms with Gasteiger partial charge in [-0.25, -0.2) is 4.98 Å². The van der Waals surface area contributed by atoms with Gasteiger partial charge in [-0.3, -0.25) is 4.79 Å². The summed E-state index contributed by atoms with van der Waals surface area (Å²) in [6, 6.07) is 9.48. The van der Waals surface area contributed by atoms with E-state index in [1.165, 1.54) is 23.1 Å². The zero-order valence-corrected chi connectivity index (χ0v) is 19.6. The third kappa shape index (κ3) is 4.78. The van der Waals surface area contributed by atoms with E-state index >= 15 is 0 Å². The van der Waals surface area contributed by atoms with Crippen LogP contribution in [0.5, 0.6) is 5.75 Å². The highest BCUT2D eigenvalue weighted by molar-refractivity contribution is 7.98. The van der Waals surface area contributed by atoms with Crippen LogP contribution in [0.2, 0.25) is 5.02 Å². The lowest BCUT2D eigenvalue weighted by atomic mass is 10.2. The summed E-state index contributed by atoms with van der Waals surface area (Å²) in [5.74, 6) is 2.47. The van der Waals surface area contributed by atoms with Gasteiger partial charge in [0.15, 0.2) is 11.0 Å². The number of aromatic amines is 1. The lowest BCUT2D eigenvalue weighted by Crippen LogP contribution is -2.14. The van der Waals surface area contributed by atoms with Crippen molar-refractivity contribution in [2.45, 2.75) is 50.2 Å². The number of hydrogen-bond acceptors (Lipinski definition) is 7. The van der Waals surface area contributed by atoms with Crippen LogP contribution >= 0.6 is 34.7 Å². The van der Waals surface area contributed by atoms with Crippen molar-refractivity contribution in [2.75, 3.05) is 0 Å². The Kier molecular flexibility index (Phi) is 6.94. The molecule has 3 heterocycles. The number of ether oxygens (including phenoxy) is 1. The van der Waals surface area contributed by atoms with Crippen molar-refractivity contribution in [3.05, 3.63) is 62.7 Å². The fourth-order valence-corrected chi connectivity index (χ4v) is 5.16. The molecular weight excluding hydrogens is 454 g/mol. The fraction of sp³-hybridized carbons (Fsp3) is 0.333. The van der Waals surface area contributed by atoms with E-state index in [9.17, 15) is 4.79 Å². The summed E-state index contributed by atoms with van der Waals surface area (Å²) in [6.45, 7) is 4.56. The molecule has 31 heavy (non-hydrogen) atoms. The Morgan fingerprint density at radius 1 is 1.23 bits per heavy atom. The number of halogens is 1. The predicted molar refractivity (Wildman–Crippen MR) is 125 cm³/mol. The third-order valence-corrected chi connectivity index (χ3v) is 7.11. The number of thioether (sulfide) groups is 1. The molecule has 0 saturated heterocycles. The van der Waals surface area contributed by atoms with Crippen molar-refractivity contribution < 1.29 is 4.74 Å². The Bertz CT molecular complexity index is 1230. The molecule has 0 unspecified atom stereocenters.